The molecule has 7 nitrogen and oxygen atoms in total. The molecular formula is C30H22F2N6O. The van der Waals surface area contributed by atoms with Crippen LogP contribution in [0.1, 0.15) is 39.7 Å². The van der Waals surface area contributed by atoms with Crippen molar-refractivity contribution in [1.29, 1.82) is 0 Å². The summed E-state index contributed by atoms with van der Waals surface area (Å²) in [6.45, 7) is 4.69. The van der Waals surface area contributed by atoms with Crippen LogP contribution < -0.4 is 0 Å². The van der Waals surface area contributed by atoms with Crippen LogP contribution in [0.5, 0.6) is 0 Å². The van der Waals surface area contributed by atoms with Gasteiger partial charge in [-0.3, -0.25) is 9.99 Å². The van der Waals surface area contributed by atoms with Crippen LogP contribution in [0.15, 0.2) is 70.3 Å². The first-order valence-electron chi connectivity index (χ1n) is 12.3. The zero-order valence-electron chi connectivity index (χ0n) is 21.2. The highest BCUT2D eigenvalue weighted by molar-refractivity contribution is 5.80. The highest BCUT2D eigenvalue weighted by Crippen LogP contribution is 2.26. The van der Waals surface area contributed by atoms with E-state index in [4.69, 9.17) is 4.52 Å². The quantitative estimate of drug-likeness (QED) is 0.304. The van der Waals surface area contributed by atoms with Gasteiger partial charge in [-0.15, -0.1) is 0 Å². The summed E-state index contributed by atoms with van der Waals surface area (Å²) in [5.41, 5.74) is 6.74. The first-order chi connectivity index (χ1) is 18.9. The lowest BCUT2D eigenvalue weighted by Gasteiger charge is -2.19. The molecule has 0 amide bonds. The fourth-order valence-corrected chi connectivity index (χ4v) is 4.40. The van der Waals surface area contributed by atoms with Crippen molar-refractivity contribution >= 4 is 6.21 Å². The topological polar surface area (TPSA) is 83.2 Å². The Morgan fingerprint density at radius 3 is 2.51 bits per heavy atom. The largest absolute Gasteiger partial charge is 0.359 e. The standard InChI is InChI=1S/C30H22F2N6O/c1-18-12-21(13-19(2)34-18)7-6-20-8-10-22(11-9-20)26-14-23(39-37-26)16-38-17-28-27(15-33-38)35-30(36-28)24-4-3-5-25(31)29(24)32/h3-5,8-15H,16-17H2,1-2H3,(H,35,36). The van der Waals surface area contributed by atoms with Crippen LogP contribution in [0.25, 0.3) is 22.6 Å². The van der Waals surface area contributed by atoms with Crippen LogP contribution in [0.3, 0.4) is 0 Å². The number of aromatic nitrogens is 4. The Kier molecular flexibility index (Phi) is 6.21. The Morgan fingerprint density at radius 2 is 1.72 bits per heavy atom. The van der Waals surface area contributed by atoms with E-state index in [1.54, 1.807) is 11.2 Å². The van der Waals surface area contributed by atoms with Crippen molar-refractivity contribution in [1.82, 2.24) is 25.1 Å². The van der Waals surface area contributed by atoms with Gasteiger partial charge in [0.15, 0.2) is 17.4 Å². The molecule has 6 rings (SSSR count). The van der Waals surface area contributed by atoms with Gasteiger partial charge in [-0.1, -0.05) is 35.2 Å². The number of hydrazone groups is 1. The van der Waals surface area contributed by atoms with Gasteiger partial charge in [-0.05, 0) is 50.2 Å². The fraction of sp³-hybridized carbons (Fsp3) is 0.133. The van der Waals surface area contributed by atoms with Gasteiger partial charge >= 0.3 is 0 Å². The third-order valence-electron chi connectivity index (χ3n) is 6.21. The van der Waals surface area contributed by atoms with Crippen molar-refractivity contribution in [2.45, 2.75) is 26.9 Å². The van der Waals surface area contributed by atoms with Gasteiger partial charge in [-0.25, -0.2) is 13.8 Å². The van der Waals surface area contributed by atoms with Gasteiger partial charge in [0, 0.05) is 34.1 Å². The number of nitrogens with zero attached hydrogens (tertiary/aromatic N) is 5. The van der Waals surface area contributed by atoms with E-state index in [0.29, 0.717) is 30.2 Å². The molecule has 9 heteroatoms. The minimum absolute atomic E-state index is 0.0730. The molecule has 1 aliphatic rings. The van der Waals surface area contributed by atoms with Crippen LogP contribution in [0, 0.1) is 37.3 Å². The number of halogens is 2. The number of aryl methyl sites for hydroxylation is 2. The summed E-state index contributed by atoms with van der Waals surface area (Å²) in [6.07, 6.45) is 1.58. The number of nitrogens with one attached hydrogen (secondary N) is 1. The highest BCUT2D eigenvalue weighted by atomic mass is 19.2. The van der Waals surface area contributed by atoms with Crippen molar-refractivity contribution in [3.8, 4) is 34.5 Å². The summed E-state index contributed by atoms with van der Waals surface area (Å²) in [5, 5.41) is 10.4. The van der Waals surface area contributed by atoms with E-state index >= 15 is 0 Å². The second-order valence-corrected chi connectivity index (χ2v) is 9.26. The van der Waals surface area contributed by atoms with Gasteiger partial charge in [0.1, 0.15) is 17.2 Å². The molecule has 4 heterocycles. The molecule has 39 heavy (non-hydrogen) atoms. The van der Waals surface area contributed by atoms with Crippen molar-refractivity contribution in [2.75, 3.05) is 0 Å². The van der Waals surface area contributed by atoms with E-state index in [0.717, 1.165) is 39.8 Å². The van der Waals surface area contributed by atoms with E-state index in [1.165, 1.54) is 12.1 Å². The molecule has 0 spiro atoms. The van der Waals surface area contributed by atoms with Crippen molar-refractivity contribution in [3.05, 3.63) is 112 Å². The average Bonchev–Trinajstić information content (AvgIpc) is 3.56. The molecule has 0 saturated heterocycles. The van der Waals surface area contributed by atoms with Gasteiger partial charge in [0.25, 0.3) is 0 Å². The van der Waals surface area contributed by atoms with Gasteiger partial charge in [0.2, 0.25) is 0 Å². The summed E-state index contributed by atoms with van der Waals surface area (Å²) in [7, 11) is 0. The smallest absolute Gasteiger partial charge is 0.169 e. The lowest BCUT2D eigenvalue weighted by Crippen LogP contribution is -2.21. The van der Waals surface area contributed by atoms with E-state index in [2.05, 4.69) is 37.1 Å². The van der Waals surface area contributed by atoms with E-state index in [9.17, 15) is 8.78 Å². The Hall–Kier alpha value is -5.10. The zero-order valence-corrected chi connectivity index (χ0v) is 21.2. The highest BCUT2D eigenvalue weighted by Gasteiger charge is 2.21. The lowest BCUT2D eigenvalue weighted by molar-refractivity contribution is 0.229. The van der Waals surface area contributed by atoms with Crippen LogP contribution >= 0.6 is 0 Å². The summed E-state index contributed by atoms with van der Waals surface area (Å²) in [6, 6.07) is 17.6. The first-order valence-corrected chi connectivity index (χ1v) is 12.3. The predicted octanol–water partition coefficient (Wildman–Crippen LogP) is 5.77. The molecule has 0 unspecified atom stereocenters. The molecule has 5 aromatic rings. The zero-order chi connectivity index (χ0) is 26.9. The predicted molar refractivity (Wildman–Crippen MR) is 142 cm³/mol. The molecule has 1 N–H and O–H groups in total. The molecule has 0 radical (unpaired) electrons. The number of fused-ring (bicyclic) bond motifs is 1. The maximum atomic E-state index is 14.2. The molecule has 0 bridgehead atoms. The molecule has 0 aliphatic carbocycles. The van der Waals surface area contributed by atoms with E-state index in [1.807, 2.05) is 56.3 Å². The number of aromatic amines is 1. The Morgan fingerprint density at radius 1 is 0.949 bits per heavy atom. The molecule has 0 saturated carbocycles. The molecule has 1 aliphatic heterocycles. The monoisotopic (exact) mass is 520 g/mol. The fourth-order valence-electron chi connectivity index (χ4n) is 4.40. The van der Waals surface area contributed by atoms with Gasteiger partial charge in [0.05, 0.1) is 30.6 Å². The number of hydrogen-bond acceptors (Lipinski definition) is 6. The molecule has 3 aromatic heterocycles. The summed E-state index contributed by atoms with van der Waals surface area (Å²) < 4.78 is 33.4. The number of imidazole rings is 1. The Bertz CT molecular complexity index is 1760. The second kappa shape index (κ2) is 9.99. The number of rotatable bonds is 4. The van der Waals surface area contributed by atoms with Crippen molar-refractivity contribution in [3.63, 3.8) is 0 Å². The Labute approximate surface area is 223 Å². The summed E-state index contributed by atoms with van der Waals surface area (Å²) >= 11 is 0. The van der Waals surface area contributed by atoms with E-state index in [-0.39, 0.29) is 11.4 Å². The molecule has 2 aromatic carbocycles. The van der Waals surface area contributed by atoms with Gasteiger partial charge < -0.3 is 9.51 Å². The minimum Gasteiger partial charge on any atom is -0.359 e. The maximum absolute atomic E-state index is 14.2. The first kappa shape index (κ1) is 24.2. The maximum Gasteiger partial charge on any atom is 0.169 e. The number of H-pyrrole nitrogens is 1. The normalized spacial score (nSPS) is 12.3. The molecule has 0 atom stereocenters. The Balaban J connectivity index is 1.12. The second-order valence-electron chi connectivity index (χ2n) is 9.26. The van der Waals surface area contributed by atoms with E-state index < -0.39 is 11.6 Å². The number of hydrogen-bond donors (Lipinski definition) is 1. The SMILES string of the molecule is Cc1cc(C#Cc2ccc(-c3cc(CN4Cc5[nH]c(-c6cccc(F)c6F)nc5C=N4)on3)cc2)cc(C)n1. The summed E-state index contributed by atoms with van der Waals surface area (Å²) in [4.78, 5) is 11.8. The average molecular weight is 521 g/mol. The minimum atomic E-state index is -0.939. The van der Waals surface area contributed by atoms with Crippen LogP contribution in [-0.4, -0.2) is 31.3 Å². The molecular weight excluding hydrogens is 498 g/mol. The third-order valence-corrected chi connectivity index (χ3v) is 6.21. The van der Waals surface area contributed by atoms with Crippen LogP contribution in [-0.2, 0) is 13.1 Å². The lowest BCUT2D eigenvalue weighted by atomic mass is 10.1. The van der Waals surface area contributed by atoms with Crippen LogP contribution in [0.4, 0.5) is 8.78 Å². The van der Waals surface area contributed by atoms with Crippen molar-refractivity contribution < 1.29 is 13.3 Å². The molecule has 0 fully saturated rings. The summed E-state index contributed by atoms with van der Waals surface area (Å²) in [5.74, 6) is 5.41. The number of pyridine rings is 1. The van der Waals surface area contributed by atoms with Gasteiger partial charge in [-0.2, -0.15) is 5.10 Å². The van der Waals surface area contributed by atoms with Crippen molar-refractivity contribution in [2.24, 2.45) is 5.10 Å². The van der Waals surface area contributed by atoms with Crippen LogP contribution in [0.2, 0.25) is 0 Å². The number of benzene rings is 2. The molecule has 192 valence electrons. The third kappa shape index (κ3) is 5.18.